The molecule has 0 saturated carbocycles. The number of rotatable bonds is 4. The molecule has 0 radical (unpaired) electrons. The minimum Gasteiger partial charge on any atom is -0.507 e. The first-order valence-corrected chi connectivity index (χ1v) is 10.6. The van der Waals surface area contributed by atoms with Gasteiger partial charge in [-0.1, -0.05) is 71.5 Å². The summed E-state index contributed by atoms with van der Waals surface area (Å²) in [5, 5.41) is 11.3. The molecule has 7 nitrogen and oxygen atoms in total. The third kappa shape index (κ3) is 3.58. The summed E-state index contributed by atoms with van der Waals surface area (Å²) in [6.45, 7) is 3.54. The molecule has 0 spiro atoms. The molecule has 1 saturated heterocycles. The lowest BCUT2D eigenvalue weighted by Gasteiger charge is -2.23. The number of aryl methyl sites for hydroxylation is 2. The number of aliphatic hydroxyl groups is 1. The summed E-state index contributed by atoms with van der Waals surface area (Å²) < 4.78 is 4.79. The van der Waals surface area contributed by atoms with E-state index in [1.165, 1.54) is 12.0 Å². The van der Waals surface area contributed by atoms with E-state index in [1.807, 2.05) is 25.1 Å². The molecule has 1 aliphatic rings. The molecule has 32 heavy (non-hydrogen) atoms. The van der Waals surface area contributed by atoms with Crippen LogP contribution in [0.15, 0.2) is 60.2 Å². The van der Waals surface area contributed by atoms with E-state index in [2.05, 4.69) is 4.98 Å². The van der Waals surface area contributed by atoms with E-state index in [9.17, 15) is 19.5 Å². The monoisotopic (exact) mass is 448 g/mol. The van der Waals surface area contributed by atoms with Gasteiger partial charge in [-0.15, -0.1) is 0 Å². The fourth-order valence-corrected chi connectivity index (χ4v) is 4.63. The fraction of sp³-hybridized carbons (Fsp3) is 0.167. The summed E-state index contributed by atoms with van der Waals surface area (Å²) in [6.07, 6.45) is 0. The second-order valence-corrected chi connectivity index (χ2v) is 8.33. The van der Waals surface area contributed by atoms with E-state index in [0.29, 0.717) is 16.8 Å². The Balaban J connectivity index is 1.92. The Morgan fingerprint density at radius 1 is 1.06 bits per heavy atom. The van der Waals surface area contributed by atoms with Gasteiger partial charge in [0.1, 0.15) is 10.6 Å². The molecule has 1 fully saturated rings. The van der Waals surface area contributed by atoms with Crippen LogP contribution in [0.1, 0.15) is 38.1 Å². The van der Waals surface area contributed by atoms with Crippen LogP contribution in [-0.4, -0.2) is 34.9 Å². The molecule has 1 atom stereocenters. The zero-order valence-electron chi connectivity index (χ0n) is 17.7. The van der Waals surface area contributed by atoms with Crippen LogP contribution in [0.4, 0.5) is 5.13 Å². The quantitative estimate of drug-likeness (QED) is 0.278. The van der Waals surface area contributed by atoms with Crippen molar-refractivity contribution in [3.8, 4) is 0 Å². The molecule has 1 aliphatic heterocycles. The number of aliphatic hydroxyl groups excluding tert-OH is 1. The van der Waals surface area contributed by atoms with Gasteiger partial charge in [0, 0.05) is 5.56 Å². The highest BCUT2D eigenvalue weighted by atomic mass is 32.1. The minimum atomic E-state index is -0.895. The average Bonchev–Trinajstić information content (AvgIpc) is 3.31. The van der Waals surface area contributed by atoms with Crippen LogP contribution in [0.3, 0.4) is 0 Å². The van der Waals surface area contributed by atoms with E-state index in [4.69, 9.17) is 4.74 Å². The number of Topliss-reactive ketones (excluding diaryl/α,β-unsaturated/α-hetero) is 1. The van der Waals surface area contributed by atoms with Crippen LogP contribution in [0, 0.1) is 13.8 Å². The van der Waals surface area contributed by atoms with Gasteiger partial charge in [-0.25, -0.2) is 9.78 Å². The Hall–Kier alpha value is -3.78. The van der Waals surface area contributed by atoms with Crippen LogP contribution in [0.2, 0.25) is 0 Å². The fourth-order valence-electron chi connectivity index (χ4n) is 3.61. The SMILES string of the molecule is COC(=O)c1sc(N2C(=O)C(=O)C(=C(O)c3ccc(C)cc3)C2c2ccccc2)nc1C. The Kier molecular flexibility index (Phi) is 5.63. The van der Waals surface area contributed by atoms with Gasteiger partial charge in [0.15, 0.2) is 5.13 Å². The van der Waals surface area contributed by atoms with Gasteiger partial charge in [-0.05, 0) is 19.4 Å². The number of benzene rings is 2. The third-order valence-electron chi connectivity index (χ3n) is 5.25. The molecule has 4 rings (SSSR count). The number of thiazole rings is 1. The van der Waals surface area contributed by atoms with Crippen molar-refractivity contribution in [1.29, 1.82) is 0 Å². The van der Waals surface area contributed by atoms with Crippen molar-refractivity contribution in [2.24, 2.45) is 0 Å². The second kappa shape index (κ2) is 8.39. The Labute approximate surface area is 188 Å². The van der Waals surface area contributed by atoms with E-state index in [0.717, 1.165) is 16.9 Å². The van der Waals surface area contributed by atoms with E-state index >= 15 is 0 Å². The van der Waals surface area contributed by atoms with Gasteiger partial charge >= 0.3 is 11.9 Å². The summed E-state index contributed by atoms with van der Waals surface area (Å²) in [5.74, 6) is -2.47. The maximum Gasteiger partial charge on any atom is 0.350 e. The van der Waals surface area contributed by atoms with Crippen LogP contribution < -0.4 is 4.90 Å². The molecule has 0 bridgehead atoms. The number of carbonyl (C=O) groups excluding carboxylic acids is 3. The molecule has 1 amide bonds. The second-order valence-electron chi connectivity index (χ2n) is 7.35. The number of anilines is 1. The Morgan fingerprint density at radius 2 is 1.72 bits per heavy atom. The van der Waals surface area contributed by atoms with Gasteiger partial charge < -0.3 is 9.84 Å². The highest BCUT2D eigenvalue weighted by Crippen LogP contribution is 2.43. The number of ketones is 1. The van der Waals surface area contributed by atoms with Gasteiger partial charge in [0.05, 0.1) is 24.4 Å². The molecule has 0 aliphatic carbocycles. The number of esters is 1. The number of hydrogen-bond acceptors (Lipinski definition) is 7. The van der Waals surface area contributed by atoms with Crippen LogP contribution in [-0.2, 0) is 14.3 Å². The number of aromatic nitrogens is 1. The van der Waals surface area contributed by atoms with Crippen molar-refractivity contribution >= 4 is 39.9 Å². The predicted molar refractivity (Wildman–Crippen MR) is 121 cm³/mol. The summed E-state index contributed by atoms with van der Waals surface area (Å²) in [5.41, 5.74) is 2.42. The number of hydrogen-bond donors (Lipinski definition) is 1. The molecule has 1 unspecified atom stereocenters. The lowest BCUT2D eigenvalue weighted by Crippen LogP contribution is -2.29. The van der Waals surface area contributed by atoms with Crippen molar-refractivity contribution in [3.05, 3.63) is 87.4 Å². The molecule has 1 N–H and O–H groups in total. The number of methoxy groups -OCH3 is 1. The molecule has 1 aromatic heterocycles. The van der Waals surface area contributed by atoms with Crippen molar-refractivity contribution in [2.75, 3.05) is 12.0 Å². The van der Waals surface area contributed by atoms with Gasteiger partial charge in [0.2, 0.25) is 0 Å². The first-order valence-electron chi connectivity index (χ1n) is 9.82. The van der Waals surface area contributed by atoms with Crippen molar-refractivity contribution in [2.45, 2.75) is 19.9 Å². The highest BCUT2D eigenvalue weighted by molar-refractivity contribution is 7.17. The maximum absolute atomic E-state index is 13.1. The van der Waals surface area contributed by atoms with Gasteiger partial charge in [0.25, 0.3) is 5.78 Å². The van der Waals surface area contributed by atoms with Gasteiger partial charge in [-0.2, -0.15) is 0 Å². The first-order chi connectivity index (χ1) is 15.3. The average molecular weight is 449 g/mol. The zero-order valence-corrected chi connectivity index (χ0v) is 18.5. The van der Waals surface area contributed by atoms with Crippen LogP contribution in [0.25, 0.3) is 5.76 Å². The maximum atomic E-state index is 13.1. The topological polar surface area (TPSA) is 96.8 Å². The smallest absolute Gasteiger partial charge is 0.350 e. The van der Waals surface area contributed by atoms with Crippen molar-refractivity contribution < 1.29 is 24.2 Å². The molecule has 2 heterocycles. The zero-order chi connectivity index (χ0) is 23.0. The third-order valence-corrected chi connectivity index (χ3v) is 6.38. The summed E-state index contributed by atoms with van der Waals surface area (Å²) in [4.78, 5) is 44.2. The van der Waals surface area contributed by atoms with Crippen LogP contribution in [0.5, 0.6) is 0 Å². The summed E-state index contributed by atoms with van der Waals surface area (Å²) in [6, 6.07) is 15.1. The highest BCUT2D eigenvalue weighted by Gasteiger charge is 2.48. The molecular weight excluding hydrogens is 428 g/mol. The molecule has 2 aromatic carbocycles. The van der Waals surface area contributed by atoms with Crippen molar-refractivity contribution in [1.82, 2.24) is 4.98 Å². The lowest BCUT2D eigenvalue weighted by atomic mass is 9.95. The van der Waals surface area contributed by atoms with E-state index in [1.54, 1.807) is 43.3 Å². The first kappa shape index (κ1) is 21.5. The van der Waals surface area contributed by atoms with E-state index in [-0.39, 0.29) is 21.3 Å². The molecule has 162 valence electrons. The van der Waals surface area contributed by atoms with Crippen molar-refractivity contribution in [3.63, 3.8) is 0 Å². The largest absolute Gasteiger partial charge is 0.507 e. The van der Waals surface area contributed by atoms with Gasteiger partial charge in [-0.3, -0.25) is 14.5 Å². The molecule has 8 heteroatoms. The Morgan fingerprint density at radius 3 is 2.34 bits per heavy atom. The summed E-state index contributed by atoms with van der Waals surface area (Å²) in [7, 11) is 1.26. The number of ether oxygens (including phenoxy) is 1. The predicted octanol–water partition coefficient (Wildman–Crippen LogP) is 4.17. The normalized spacial score (nSPS) is 17.6. The lowest BCUT2D eigenvalue weighted by molar-refractivity contribution is -0.132. The Bertz CT molecular complexity index is 1250. The van der Waals surface area contributed by atoms with E-state index < -0.39 is 23.7 Å². The minimum absolute atomic E-state index is 0.0301. The molecule has 3 aromatic rings. The molecular formula is C24H20N2O5S. The van der Waals surface area contributed by atoms with Crippen LogP contribution >= 0.6 is 11.3 Å². The standard InChI is InChI=1S/C24H20N2O5S/c1-13-9-11-16(12-10-13)19(27)17-18(15-7-5-4-6-8-15)26(22(29)20(17)28)24-25-14(2)21(32-24)23(30)31-3/h4-12,18,27H,1-3H3. The number of carbonyl (C=O) groups is 3. The number of nitrogens with zero attached hydrogens (tertiary/aromatic N) is 2. The summed E-state index contributed by atoms with van der Waals surface area (Å²) >= 11 is 0.968. The number of amides is 1.